The summed E-state index contributed by atoms with van der Waals surface area (Å²) in [5, 5.41) is 2.00. The number of likely N-dealkylation sites (tertiary alicyclic amines) is 1. The minimum Gasteiger partial charge on any atom is -0.347 e. The zero-order valence-electron chi connectivity index (χ0n) is 10.7. The van der Waals surface area contributed by atoms with Crippen molar-refractivity contribution < 1.29 is 14.3 Å². The number of hydrogen-bond donors (Lipinski definition) is 0. The van der Waals surface area contributed by atoms with E-state index in [2.05, 4.69) is 0 Å². The molecule has 3 heterocycles. The fourth-order valence-corrected chi connectivity index (χ4v) is 3.12. The molecule has 1 amide bonds. The van der Waals surface area contributed by atoms with Gasteiger partial charge in [0.25, 0.3) is 0 Å². The second-order valence-corrected chi connectivity index (χ2v) is 5.76. The molecule has 0 atom stereocenters. The summed E-state index contributed by atoms with van der Waals surface area (Å²) in [5.41, 5.74) is 0. The molecular formula is C14H17NO3S. The first kappa shape index (κ1) is 12.8. The summed E-state index contributed by atoms with van der Waals surface area (Å²) in [4.78, 5) is 15.0. The molecule has 1 aromatic heterocycles. The van der Waals surface area contributed by atoms with Crippen molar-refractivity contribution in [2.24, 2.45) is 0 Å². The standard InChI is InChI=1S/C14H17NO3S/c16-13(4-3-12-2-1-11-19-12)15-7-5-14(6-8-15)17-9-10-18-14/h1-4,11H,5-10H2. The van der Waals surface area contributed by atoms with Crippen molar-refractivity contribution in [1.29, 1.82) is 0 Å². The van der Waals surface area contributed by atoms with Gasteiger partial charge in [-0.1, -0.05) is 6.07 Å². The zero-order chi connectivity index (χ0) is 13.1. The smallest absolute Gasteiger partial charge is 0.246 e. The van der Waals surface area contributed by atoms with Crippen molar-refractivity contribution in [2.45, 2.75) is 18.6 Å². The summed E-state index contributed by atoms with van der Waals surface area (Å²) in [6.45, 7) is 2.75. The van der Waals surface area contributed by atoms with Crippen LogP contribution in [0.2, 0.25) is 0 Å². The van der Waals surface area contributed by atoms with E-state index in [0.29, 0.717) is 26.3 Å². The summed E-state index contributed by atoms with van der Waals surface area (Å²) in [5.74, 6) is -0.338. The van der Waals surface area contributed by atoms with Crippen LogP contribution >= 0.6 is 11.3 Å². The number of carbonyl (C=O) groups is 1. The van der Waals surface area contributed by atoms with E-state index < -0.39 is 5.79 Å². The van der Waals surface area contributed by atoms with E-state index in [-0.39, 0.29) is 5.91 Å². The molecule has 0 saturated carbocycles. The molecule has 19 heavy (non-hydrogen) atoms. The molecule has 0 aliphatic carbocycles. The number of amides is 1. The van der Waals surface area contributed by atoms with Gasteiger partial charge >= 0.3 is 0 Å². The van der Waals surface area contributed by atoms with Gasteiger partial charge in [-0.25, -0.2) is 0 Å². The molecule has 5 heteroatoms. The van der Waals surface area contributed by atoms with Gasteiger partial charge in [0.15, 0.2) is 5.79 Å². The second-order valence-electron chi connectivity index (χ2n) is 4.78. The number of nitrogens with zero attached hydrogens (tertiary/aromatic N) is 1. The third-order valence-corrected chi connectivity index (χ3v) is 4.42. The molecule has 1 spiro atoms. The third kappa shape index (κ3) is 2.88. The number of hydrogen-bond acceptors (Lipinski definition) is 4. The number of rotatable bonds is 2. The van der Waals surface area contributed by atoms with Gasteiger partial charge in [0, 0.05) is 36.9 Å². The summed E-state index contributed by atoms with van der Waals surface area (Å²) in [6.07, 6.45) is 5.07. The van der Waals surface area contributed by atoms with Crippen molar-refractivity contribution in [1.82, 2.24) is 4.90 Å². The van der Waals surface area contributed by atoms with E-state index in [1.807, 2.05) is 28.5 Å². The Morgan fingerprint density at radius 3 is 2.68 bits per heavy atom. The van der Waals surface area contributed by atoms with E-state index in [4.69, 9.17) is 9.47 Å². The van der Waals surface area contributed by atoms with Crippen LogP contribution in [0.25, 0.3) is 6.08 Å². The molecule has 0 radical (unpaired) electrons. The molecule has 3 rings (SSSR count). The van der Waals surface area contributed by atoms with Crippen LogP contribution in [0.5, 0.6) is 0 Å². The predicted molar refractivity (Wildman–Crippen MR) is 73.8 cm³/mol. The molecule has 102 valence electrons. The van der Waals surface area contributed by atoms with Crippen LogP contribution in [0.3, 0.4) is 0 Å². The third-order valence-electron chi connectivity index (χ3n) is 3.58. The molecular weight excluding hydrogens is 262 g/mol. The molecule has 2 aliphatic rings. The number of carbonyl (C=O) groups excluding carboxylic acids is 1. The highest BCUT2D eigenvalue weighted by atomic mass is 32.1. The Balaban J connectivity index is 1.54. The topological polar surface area (TPSA) is 38.8 Å². The van der Waals surface area contributed by atoms with Gasteiger partial charge in [-0.3, -0.25) is 4.79 Å². The van der Waals surface area contributed by atoms with E-state index in [1.165, 1.54) is 0 Å². The predicted octanol–water partition coefficient (Wildman–Crippen LogP) is 2.13. The molecule has 2 aliphatic heterocycles. The molecule has 0 unspecified atom stereocenters. The SMILES string of the molecule is O=C(C=Cc1cccs1)N1CCC2(CC1)OCCO2. The minimum atomic E-state index is -0.408. The van der Waals surface area contributed by atoms with Gasteiger partial charge in [-0.15, -0.1) is 11.3 Å². The molecule has 1 aromatic rings. The van der Waals surface area contributed by atoms with E-state index in [9.17, 15) is 4.79 Å². The molecule has 4 nitrogen and oxygen atoms in total. The Kier molecular flexibility index (Phi) is 3.68. The van der Waals surface area contributed by atoms with Crippen molar-refractivity contribution in [3.8, 4) is 0 Å². The first-order chi connectivity index (χ1) is 9.27. The van der Waals surface area contributed by atoms with Crippen LogP contribution in [0.1, 0.15) is 17.7 Å². The average molecular weight is 279 g/mol. The first-order valence-corrected chi connectivity index (χ1v) is 7.44. The van der Waals surface area contributed by atoms with E-state index in [1.54, 1.807) is 17.4 Å². The minimum absolute atomic E-state index is 0.0706. The largest absolute Gasteiger partial charge is 0.347 e. The van der Waals surface area contributed by atoms with Crippen molar-refractivity contribution >= 4 is 23.3 Å². The van der Waals surface area contributed by atoms with Crippen molar-refractivity contribution in [2.75, 3.05) is 26.3 Å². The summed E-state index contributed by atoms with van der Waals surface area (Å²) in [6, 6.07) is 3.98. The lowest BCUT2D eigenvalue weighted by Crippen LogP contribution is -2.46. The lowest BCUT2D eigenvalue weighted by atomic mass is 10.0. The molecule has 2 fully saturated rings. The fraction of sp³-hybridized carbons (Fsp3) is 0.500. The maximum atomic E-state index is 12.1. The van der Waals surface area contributed by atoms with Crippen LogP contribution in [0, 0.1) is 0 Å². The van der Waals surface area contributed by atoms with Crippen LogP contribution in [0.15, 0.2) is 23.6 Å². The Bertz CT molecular complexity index is 453. The molecule has 2 saturated heterocycles. The van der Waals surface area contributed by atoms with Gasteiger partial charge in [0.1, 0.15) is 0 Å². The Labute approximate surface area is 116 Å². The van der Waals surface area contributed by atoms with Crippen LogP contribution in [-0.2, 0) is 14.3 Å². The van der Waals surface area contributed by atoms with Crippen LogP contribution < -0.4 is 0 Å². The number of ether oxygens (including phenoxy) is 2. The fourth-order valence-electron chi connectivity index (χ4n) is 2.50. The normalized spacial score (nSPS) is 22.4. The highest BCUT2D eigenvalue weighted by Gasteiger charge is 2.40. The highest BCUT2D eigenvalue weighted by Crippen LogP contribution is 2.31. The number of thiophene rings is 1. The average Bonchev–Trinajstić information content (AvgIpc) is 3.09. The van der Waals surface area contributed by atoms with Crippen molar-refractivity contribution in [3.05, 3.63) is 28.5 Å². The van der Waals surface area contributed by atoms with Crippen molar-refractivity contribution in [3.63, 3.8) is 0 Å². The Morgan fingerprint density at radius 1 is 1.32 bits per heavy atom. The van der Waals surface area contributed by atoms with E-state index >= 15 is 0 Å². The molecule has 0 N–H and O–H groups in total. The van der Waals surface area contributed by atoms with Gasteiger partial charge in [0.05, 0.1) is 13.2 Å². The monoisotopic (exact) mass is 279 g/mol. The Hall–Kier alpha value is -1.17. The van der Waals surface area contributed by atoms with E-state index in [0.717, 1.165) is 17.7 Å². The molecule has 0 bridgehead atoms. The molecule has 0 aromatic carbocycles. The highest BCUT2D eigenvalue weighted by molar-refractivity contribution is 7.10. The van der Waals surface area contributed by atoms with Gasteiger partial charge < -0.3 is 14.4 Å². The quantitative estimate of drug-likeness (QED) is 0.778. The van der Waals surface area contributed by atoms with Crippen LogP contribution in [-0.4, -0.2) is 42.9 Å². The lowest BCUT2D eigenvalue weighted by molar-refractivity contribution is -0.186. The van der Waals surface area contributed by atoms with Gasteiger partial charge in [-0.05, 0) is 17.5 Å². The lowest BCUT2D eigenvalue weighted by Gasteiger charge is -2.37. The zero-order valence-corrected chi connectivity index (χ0v) is 11.5. The van der Waals surface area contributed by atoms with Gasteiger partial charge in [-0.2, -0.15) is 0 Å². The maximum absolute atomic E-state index is 12.1. The van der Waals surface area contributed by atoms with Crippen LogP contribution in [0.4, 0.5) is 0 Å². The summed E-state index contributed by atoms with van der Waals surface area (Å²) >= 11 is 1.63. The second kappa shape index (κ2) is 5.45. The summed E-state index contributed by atoms with van der Waals surface area (Å²) in [7, 11) is 0. The summed E-state index contributed by atoms with van der Waals surface area (Å²) < 4.78 is 11.3. The Morgan fingerprint density at radius 2 is 2.05 bits per heavy atom. The van der Waals surface area contributed by atoms with Gasteiger partial charge in [0.2, 0.25) is 5.91 Å². The number of piperidine rings is 1. The maximum Gasteiger partial charge on any atom is 0.246 e. The first-order valence-electron chi connectivity index (χ1n) is 6.56.